The Balaban J connectivity index is 1.66. The molecule has 4 aliphatic rings. The highest BCUT2D eigenvalue weighted by Crippen LogP contribution is 2.60. The number of hydrogen-bond acceptors (Lipinski definition) is 1. The van der Waals surface area contributed by atoms with E-state index in [4.69, 9.17) is 0 Å². The van der Waals surface area contributed by atoms with E-state index in [1.54, 1.807) is 0 Å². The van der Waals surface area contributed by atoms with Crippen LogP contribution in [0.5, 0.6) is 0 Å². The number of carbonyl (C=O) groups is 1. The van der Waals surface area contributed by atoms with Crippen molar-refractivity contribution >= 4 is 21.8 Å². The van der Waals surface area contributed by atoms with Crippen molar-refractivity contribution in [2.45, 2.75) is 69.7 Å². The summed E-state index contributed by atoms with van der Waals surface area (Å²) >= 11 is 3.58. The Hall–Kier alpha value is -0.0500. The Morgan fingerprint density at radius 2 is 1.63 bits per heavy atom. The van der Waals surface area contributed by atoms with Crippen LogP contribution in [0.1, 0.15) is 58.8 Å². The Bertz CT molecular complexity index is 330. The number of nitrogens with one attached hydrogen (secondary N) is 1. The van der Waals surface area contributed by atoms with Gasteiger partial charge in [0.2, 0.25) is 5.91 Å². The molecule has 4 fully saturated rings. The predicted octanol–water partition coefficient (Wildman–Crippen LogP) is 3.88. The number of halogens is 1. The van der Waals surface area contributed by atoms with Crippen LogP contribution in [0.15, 0.2) is 0 Å². The van der Waals surface area contributed by atoms with Gasteiger partial charge in [0.25, 0.3) is 0 Å². The first-order chi connectivity index (χ1) is 8.97. The summed E-state index contributed by atoms with van der Waals surface area (Å²) in [6.07, 6.45) is 8.73. The molecule has 0 spiro atoms. The van der Waals surface area contributed by atoms with E-state index in [0.717, 1.165) is 24.2 Å². The van der Waals surface area contributed by atoms with Gasteiger partial charge in [-0.2, -0.15) is 0 Å². The highest BCUT2D eigenvalue weighted by Gasteiger charge is 2.54. The first-order valence-corrected chi connectivity index (χ1v) is 8.83. The summed E-state index contributed by atoms with van der Waals surface area (Å²) in [6, 6.07) is 0.287. The smallest absolute Gasteiger partial charge is 0.226 e. The molecule has 0 heterocycles. The van der Waals surface area contributed by atoms with Crippen LogP contribution in [0.3, 0.4) is 0 Å². The molecule has 3 heteroatoms. The second-order valence-electron chi connectivity index (χ2n) is 7.59. The summed E-state index contributed by atoms with van der Waals surface area (Å²) in [7, 11) is 0. The molecule has 19 heavy (non-hydrogen) atoms. The van der Waals surface area contributed by atoms with Crippen LogP contribution in [0, 0.1) is 23.2 Å². The van der Waals surface area contributed by atoms with E-state index in [9.17, 15) is 4.79 Å². The summed E-state index contributed by atoms with van der Waals surface area (Å²) in [5, 5.41) is 3.30. The van der Waals surface area contributed by atoms with Gasteiger partial charge < -0.3 is 5.32 Å². The average Bonchev–Trinajstić information content (AvgIpc) is 2.25. The standard InChI is InChI=1S/C16H26BrNO/c1-10(17)3-11(2)18-15(19)16-7-12-4-13(8-16)6-14(5-12)9-16/h10-14H,3-9H2,1-2H3,(H,18,19). The molecule has 0 radical (unpaired) electrons. The van der Waals surface area contributed by atoms with Crippen molar-refractivity contribution in [3.63, 3.8) is 0 Å². The average molecular weight is 328 g/mol. The zero-order valence-electron chi connectivity index (χ0n) is 12.1. The van der Waals surface area contributed by atoms with Crippen molar-refractivity contribution in [2.75, 3.05) is 0 Å². The molecule has 4 rings (SSSR count). The number of hydrogen-bond donors (Lipinski definition) is 1. The fourth-order valence-electron chi connectivity index (χ4n) is 5.31. The van der Waals surface area contributed by atoms with E-state index >= 15 is 0 Å². The highest BCUT2D eigenvalue weighted by molar-refractivity contribution is 9.09. The van der Waals surface area contributed by atoms with E-state index < -0.39 is 0 Å². The predicted molar refractivity (Wildman–Crippen MR) is 81.2 cm³/mol. The van der Waals surface area contributed by atoms with Gasteiger partial charge >= 0.3 is 0 Å². The molecule has 0 aromatic rings. The second-order valence-corrected chi connectivity index (χ2v) is 9.15. The summed E-state index contributed by atoms with van der Waals surface area (Å²) in [4.78, 5) is 13.2. The molecular weight excluding hydrogens is 302 g/mol. The third-order valence-corrected chi connectivity index (χ3v) is 5.95. The zero-order chi connectivity index (χ0) is 13.6. The zero-order valence-corrected chi connectivity index (χ0v) is 13.7. The van der Waals surface area contributed by atoms with E-state index in [0.29, 0.717) is 10.7 Å². The summed E-state index contributed by atoms with van der Waals surface area (Å²) in [5.41, 5.74) is 0.0125. The van der Waals surface area contributed by atoms with Crippen LogP contribution in [0.2, 0.25) is 0 Å². The minimum Gasteiger partial charge on any atom is -0.353 e. The van der Waals surface area contributed by atoms with Gasteiger partial charge in [-0.3, -0.25) is 4.79 Å². The molecular formula is C16H26BrNO. The number of carbonyl (C=O) groups excluding carboxylic acids is 1. The lowest BCUT2D eigenvalue weighted by atomic mass is 9.49. The van der Waals surface area contributed by atoms with Crippen LogP contribution < -0.4 is 5.32 Å². The molecule has 0 aliphatic heterocycles. The molecule has 0 aromatic carbocycles. The Morgan fingerprint density at radius 3 is 2.05 bits per heavy atom. The van der Waals surface area contributed by atoms with Crippen molar-refractivity contribution in [1.82, 2.24) is 5.32 Å². The molecule has 4 bridgehead atoms. The minimum absolute atomic E-state index is 0.0125. The Kier molecular flexibility index (Phi) is 3.70. The monoisotopic (exact) mass is 327 g/mol. The Morgan fingerprint density at radius 1 is 1.16 bits per heavy atom. The van der Waals surface area contributed by atoms with E-state index in [1.165, 1.54) is 38.5 Å². The van der Waals surface area contributed by atoms with E-state index in [1.807, 2.05) is 0 Å². The molecule has 2 atom stereocenters. The second kappa shape index (κ2) is 5.05. The molecule has 0 aromatic heterocycles. The number of amides is 1. The maximum atomic E-state index is 12.8. The van der Waals surface area contributed by atoms with Crippen LogP contribution in [0.25, 0.3) is 0 Å². The van der Waals surface area contributed by atoms with Crippen LogP contribution in [-0.2, 0) is 4.79 Å². The highest BCUT2D eigenvalue weighted by atomic mass is 79.9. The molecule has 1 amide bonds. The van der Waals surface area contributed by atoms with E-state index in [2.05, 4.69) is 35.1 Å². The third-order valence-electron chi connectivity index (χ3n) is 5.58. The molecule has 1 N–H and O–H groups in total. The van der Waals surface area contributed by atoms with E-state index in [-0.39, 0.29) is 11.5 Å². The fourth-order valence-corrected chi connectivity index (χ4v) is 5.87. The summed E-state index contributed by atoms with van der Waals surface area (Å²) in [5.74, 6) is 2.92. The lowest BCUT2D eigenvalue weighted by Gasteiger charge is -2.55. The lowest BCUT2D eigenvalue weighted by molar-refractivity contribution is -0.146. The van der Waals surface area contributed by atoms with Crippen LogP contribution in [0.4, 0.5) is 0 Å². The largest absolute Gasteiger partial charge is 0.353 e. The van der Waals surface area contributed by atoms with Crippen LogP contribution >= 0.6 is 15.9 Å². The van der Waals surface area contributed by atoms with Gasteiger partial charge in [0, 0.05) is 16.3 Å². The van der Waals surface area contributed by atoms with Gasteiger partial charge in [-0.05, 0) is 69.6 Å². The van der Waals surface area contributed by atoms with Gasteiger partial charge in [-0.1, -0.05) is 22.9 Å². The van der Waals surface area contributed by atoms with Gasteiger partial charge in [-0.15, -0.1) is 0 Å². The first kappa shape index (κ1) is 13.9. The van der Waals surface area contributed by atoms with Gasteiger partial charge in [0.05, 0.1) is 0 Å². The van der Waals surface area contributed by atoms with Crippen molar-refractivity contribution in [3.05, 3.63) is 0 Å². The third kappa shape index (κ3) is 2.72. The fraction of sp³-hybridized carbons (Fsp3) is 0.938. The number of rotatable bonds is 4. The van der Waals surface area contributed by atoms with Crippen molar-refractivity contribution in [1.29, 1.82) is 0 Å². The van der Waals surface area contributed by atoms with Crippen molar-refractivity contribution < 1.29 is 4.79 Å². The maximum absolute atomic E-state index is 12.8. The minimum atomic E-state index is 0.0125. The molecule has 2 nitrogen and oxygen atoms in total. The van der Waals surface area contributed by atoms with Crippen LogP contribution in [-0.4, -0.2) is 16.8 Å². The van der Waals surface area contributed by atoms with Crippen molar-refractivity contribution in [2.24, 2.45) is 23.2 Å². The van der Waals surface area contributed by atoms with Gasteiger partial charge in [0.15, 0.2) is 0 Å². The Labute approximate surface area is 125 Å². The normalized spacial score (nSPS) is 43.0. The molecule has 2 unspecified atom stereocenters. The van der Waals surface area contributed by atoms with Gasteiger partial charge in [0.1, 0.15) is 0 Å². The molecule has 4 saturated carbocycles. The topological polar surface area (TPSA) is 29.1 Å². The first-order valence-electron chi connectivity index (χ1n) is 7.92. The quantitative estimate of drug-likeness (QED) is 0.780. The molecule has 4 aliphatic carbocycles. The van der Waals surface area contributed by atoms with Gasteiger partial charge in [-0.25, -0.2) is 0 Å². The lowest BCUT2D eigenvalue weighted by Crippen LogP contribution is -2.55. The van der Waals surface area contributed by atoms with Crippen molar-refractivity contribution in [3.8, 4) is 0 Å². The maximum Gasteiger partial charge on any atom is 0.226 e. The summed E-state index contributed by atoms with van der Waals surface area (Å²) < 4.78 is 0. The number of alkyl halides is 1. The summed E-state index contributed by atoms with van der Waals surface area (Å²) in [6.45, 7) is 4.28. The molecule has 0 saturated heterocycles. The SMILES string of the molecule is CC(Br)CC(C)NC(=O)C12CC3CC(CC(C3)C1)C2. The molecule has 108 valence electrons.